The van der Waals surface area contributed by atoms with Gasteiger partial charge in [0, 0.05) is 19.6 Å². The number of rotatable bonds is 3. The Morgan fingerprint density at radius 3 is 2.40 bits per heavy atom. The van der Waals surface area contributed by atoms with E-state index in [0.717, 1.165) is 6.54 Å². The number of hydrogen-bond donors (Lipinski definition) is 2. The van der Waals surface area contributed by atoms with E-state index in [-0.39, 0.29) is 11.9 Å². The highest BCUT2D eigenvalue weighted by atomic mass is 16.4. The van der Waals surface area contributed by atoms with Crippen molar-refractivity contribution in [1.82, 2.24) is 10.2 Å². The Bertz CT molecular complexity index is 373. The molecule has 0 aromatic heterocycles. The van der Waals surface area contributed by atoms with Crippen LogP contribution in [0.25, 0.3) is 0 Å². The van der Waals surface area contributed by atoms with Gasteiger partial charge >= 0.3 is 12.0 Å². The van der Waals surface area contributed by atoms with Crippen LogP contribution in [-0.4, -0.2) is 41.6 Å². The number of carboxylic acid groups (broad SMARTS) is 1. The number of nitrogens with one attached hydrogen (secondary N) is 1. The third-order valence-electron chi connectivity index (χ3n) is 5.11. The van der Waals surface area contributed by atoms with Crippen molar-refractivity contribution in [3.63, 3.8) is 0 Å². The van der Waals surface area contributed by atoms with E-state index in [1.807, 2.05) is 0 Å². The molecule has 0 radical (unpaired) electrons. The fourth-order valence-corrected chi connectivity index (χ4v) is 3.43. The maximum atomic E-state index is 12.1. The van der Waals surface area contributed by atoms with Gasteiger partial charge in [0.2, 0.25) is 0 Å². The molecule has 1 unspecified atom stereocenters. The van der Waals surface area contributed by atoms with E-state index in [4.69, 9.17) is 5.11 Å². The van der Waals surface area contributed by atoms with E-state index >= 15 is 0 Å². The molecule has 0 aromatic rings. The molecule has 1 atom stereocenters. The number of carbonyl (C=O) groups excluding carboxylic acids is 1. The highest BCUT2D eigenvalue weighted by Gasteiger charge is 2.35. The lowest BCUT2D eigenvalue weighted by Gasteiger charge is -2.32. The van der Waals surface area contributed by atoms with Crippen molar-refractivity contribution in [1.29, 1.82) is 0 Å². The van der Waals surface area contributed by atoms with Crippen LogP contribution in [0.2, 0.25) is 0 Å². The zero-order valence-electron chi connectivity index (χ0n) is 12.5. The molecule has 5 nitrogen and oxygen atoms in total. The second kappa shape index (κ2) is 6.02. The molecule has 1 saturated heterocycles. The van der Waals surface area contributed by atoms with Gasteiger partial charge in [0.05, 0.1) is 5.92 Å². The van der Waals surface area contributed by atoms with Gasteiger partial charge in [0.15, 0.2) is 0 Å². The summed E-state index contributed by atoms with van der Waals surface area (Å²) in [6.07, 6.45) is 4.80. The van der Waals surface area contributed by atoms with Crippen LogP contribution in [0.3, 0.4) is 0 Å². The molecule has 0 bridgehead atoms. The van der Waals surface area contributed by atoms with Gasteiger partial charge in [-0.3, -0.25) is 4.79 Å². The van der Waals surface area contributed by atoms with Crippen LogP contribution >= 0.6 is 0 Å². The quantitative estimate of drug-likeness (QED) is 0.834. The maximum Gasteiger partial charge on any atom is 0.317 e. The van der Waals surface area contributed by atoms with Crippen LogP contribution in [0.5, 0.6) is 0 Å². The summed E-state index contributed by atoms with van der Waals surface area (Å²) in [7, 11) is 0. The molecule has 2 rings (SSSR count). The minimum atomic E-state index is -0.738. The number of carboxylic acids is 1. The summed E-state index contributed by atoms with van der Waals surface area (Å²) < 4.78 is 0. The first-order valence-corrected chi connectivity index (χ1v) is 7.66. The Balaban J connectivity index is 1.75. The summed E-state index contributed by atoms with van der Waals surface area (Å²) >= 11 is 0. The number of hydrogen-bond acceptors (Lipinski definition) is 2. The Labute approximate surface area is 120 Å². The van der Waals surface area contributed by atoms with Gasteiger partial charge in [-0.15, -0.1) is 0 Å². The summed E-state index contributed by atoms with van der Waals surface area (Å²) in [6.45, 7) is 6.39. The van der Waals surface area contributed by atoms with Crippen LogP contribution in [0.4, 0.5) is 4.79 Å². The highest BCUT2D eigenvalue weighted by molar-refractivity contribution is 5.75. The summed E-state index contributed by atoms with van der Waals surface area (Å²) in [4.78, 5) is 24.7. The lowest BCUT2D eigenvalue weighted by Crippen LogP contribution is -2.47. The zero-order valence-corrected chi connectivity index (χ0v) is 12.5. The van der Waals surface area contributed by atoms with Crippen LogP contribution in [0, 0.1) is 17.3 Å². The van der Waals surface area contributed by atoms with Gasteiger partial charge in [0.1, 0.15) is 0 Å². The predicted molar refractivity (Wildman–Crippen MR) is 76.5 cm³/mol. The van der Waals surface area contributed by atoms with Crippen molar-refractivity contribution in [2.75, 3.05) is 19.6 Å². The number of aliphatic carboxylic acids is 1. The molecule has 2 aliphatic rings. The molecule has 1 aliphatic heterocycles. The molecule has 2 amide bonds. The van der Waals surface area contributed by atoms with Crippen LogP contribution < -0.4 is 5.32 Å². The van der Waals surface area contributed by atoms with E-state index in [2.05, 4.69) is 19.2 Å². The smallest absolute Gasteiger partial charge is 0.317 e. The zero-order chi connectivity index (χ0) is 14.8. The Morgan fingerprint density at radius 1 is 1.25 bits per heavy atom. The molecule has 114 valence electrons. The monoisotopic (exact) mass is 282 g/mol. The lowest BCUT2D eigenvalue weighted by molar-refractivity contribution is -0.143. The number of likely N-dealkylation sites (tertiary alicyclic amines) is 1. The van der Waals surface area contributed by atoms with E-state index < -0.39 is 5.97 Å². The number of piperidine rings is 1. The molecule has 2 fully saturated rings. The van der Waals surface area contributed by atoms with Gasteiger partial charge in [-0.05, 0) is 37.0 Å². The van der Waals surface area contributed by atoms with Crippen LogP contribution in [0.1, 0.15) is 46.0 Å². The Morgan fingerprint density at radius 2 is 1.90 bits per heavy atom. The van der Waals surface area contributed by atoms with Gasteiger partial charge in [-0.25, -0.2) is 4.79 Å². The Hall–Kier alpha value is -1.26. The first-order chi connectivity index (χ1) is 9.40. The van der Waals surface area contributed by atoms with Crippen molar-refractivity contribution in [2.24, 2.45) is 17.3 Å². The van der Waals surface area contributed by atoms with E-state index in [1.165, 1.54) is 19.3 Å². The lowest BCUT2D eigenvalue weighted by atomic mass is 9.82. The van der Waals surface area contributed by atoms with Crippen LogP contribution in [-0.2, 0) is 4.79 Å². The van der Waals surface area contributed by atoms with Crippen molar-refractivity contribution < 1.29 is 14.7 Å². The second-order valence-corrected chi connectivity index (χ2v) is 6.86. The molecule has 1 saturated carbocycles. The molecular weight excluding hydrogens is 256 g/mol. The number of urea groups is 1. The topological polar surface area (TPSA) is 69.6 Å². The van der Waals surface area contributed by atoms with Crippen molar-refractivity contribution in [3.8, 4) is 0 Å². The maximum absolute atomic E-state index is 12.1. The molecule has 1 heterocycles. The van der Waals surface area contributed by atoms with Crippen molar-refractivity contribution in [2.45, 2.75) is 46.0 Å². The number of carbonyl (C=O) groups is 2. The van der Waals surface area contributed by atoms with E-state index in [1.54, 1.807) is 4.90 Å². The van der Waals surface area contributed by atoms with Crippen LogP contribution in [0.15, 0.2) is 0 Å². The molecule has 1 aliphatic carbocycles. The summed E-state index contributed by atoms with van der Waals surface area (Å²) in [5.74, 6) is -0.464. The average molecular weight is 282 g/mol. The molecule has 0 aromatic carbocycles. The third-order valence-corrected chi connectivity index (χ3v) is 5.11. The fraction of sp³-hybridized carbons (Fsp3) is 0.867. The van der Waals surface area contributed by atoms with Gasteiger partial charge in [0.25, 0.3) is 0 Å². The largest absolute Gasteiger partial charge is 0.481 e. The minimum Gasteiger partial charge on any atom is -0.481 e. The van der Waals surface area contributed by atoms with Gasteiger partial charge in [-0.2, -0.15) is 0 Å². The molecular formula is C15H26N2O3. The molecule has 5 heteroatoms. The minimum absolute atomic E-state index is 0.0310. The first-order valence-electron chi connectivity index (χ1n) is 7.66. The number of amides is 2. The van der Waals surface area contributed by atoms with Gasteiger partial charge < -0.3 is 15.3 Å². The van der Waals surface area contributed by atoms with E-state index in [0.29, 0.717) is 37.3 Å². The average Bonchev–Trinajstić information content (AvgIpc) is 2.75. The van der Waals surface area contributed by atoms with Crippen molar-refractivity contribution in [3.05, 3.63) is 0 Å². The standard InChI is InChI=1S/C15H26N2O3/c1-15(2)7-3-4-12(15)10-16-14(20)17-8-5-11(6-9-17)13(18)19/h11-12H,3-10H2,1-2H3,(H,16,20)(H,18,19). The first kappa shape index (κ1) is 15.1. The number of nitrogens with zero attached hydrogens (tertiary/aromatic N) is 1. The summed E-state index contributed by atoms with van der Waals surface area (Å²) in [5.41, 5.74) is 0.323. The Kier molecular flexibility index (Phi) is 4.55. The molecule has 0 spiro atoms. The second-order valence-electron chi connectivity index (χ2n) is 6.86. The highest BCUT2D eigenvalue weighted by Crippen LogP contribution is 2.42. The van der Waals surface area contributed by atoms with Gasteiger partial charge in [-0.1, -0.05) is 20.3 Å². The molecule has 20 heavy (non-hydrogen) atoms. The third kappa shape index (κ3) is 3.44. The van der Waals surface area contributed by atoms with E-state index in [9.17, 15) is 9.59 Å². The fourth-order valence-electron chi connectivity index (χ4n) is 3.43. The summed E-state index contributed by atoms with van der Waals surface area (Å²) in [5, 5.41) is 12.0. The molecule has 2 N–H and O–H groups in total. The SMILES string of the molecule is CC1(C)CCCC1CNC(=O)N1CCC(C(=O)O)CC1. The normalized spacial score (nSPS) is 26.5. The van der Waals surface area contributed by atoms with Crippen molar-refractivity contribution >= 4 is 12.0 Å². The summed E-state index contributed by atoms with van der Waals surface area (Å²) in [6, 6.07) is -0.0310. The predicted octanol–water partition coefficient (Wildman–Crippen LogP) is 2.32.